The molecule has 166 valence electrons. The molecule has 0 unspecified atom stereocenters. The van der Waals surface area contributed by atoms with Crippen molar-refractivity contribution >= 4 is 11.7 Å². The number of nitrogens with two attached hydrogens (primary N) is 1. The minimum atomic E-state index is -0.267. The van der Waals surface area contributed by atoms with E-state index in [0.717, 1.165) is 36.9 Å². The molecule has 3 N–H and O–H groups in total. The monoisotopic (exact) mass is 432 g/mol. The Morgan fingerprint density at radius 1 is 1.19 bits per heavy atom. The van der Waals surface area contributed by atoms with Gasteiger partial charge in [0.05, 0.1) is 5.92 Å². The molecule has 1 amide bonds. The van der Waals surface area contributed by atoms with Gasteiger partial charge in [-0.3, -0.25) is 15.1 Å². The zero-order valence-electron chi connectivity index (χ0n) is 18.1. The van der Waals surface area contributed by atoms with Crippen LogP contribution in [0.3, 0.4) is 0 Å². The molecule has 0 spiro atoms. The van der Waals surface area contributed by atoms with Crippen LogP contribution in [0.2, 0.25) is 0 Å². The number of rotatable bonds is 6. The van der Waals surface area contributed by atoms with E-state index in [1.165, 1.54) is 12.1 Å². The van der Waals surface area contributed by atoms with E-state index in [2.05, 4.69) is 11.5 Å². The molecular weight excluding hydrogens is 403 g/mol. The van der Waals surface area contributed by atoms with Crippen molar-refractivity contribution in [3.05, 3.63) is 83.7 Å². The molecule has 5 nitrogen and oxygen atoms in total. The molecule has 6 heteroatoms. The second-order valence-electron chi connectivity index (χ2n) is 9.22. The third-order valence-electron chi connectivity index (χ3n) is 7.55. The number of nitrogens with zero attached hydrogens (tertiary/aromatic N) is 2. The SMILES string of the molecule is C=CC[C@@H]1[C@@H]2[C@H](C(=O)N1Cc1ccc(F)cc1)[C@H](c1ccc(C(=N)N)cc1)N1CCC[C@@H]21. The standard InChI is InChI=1S/C26H29FN4O/c1-2-4-20-22-21-5-3-14-30(21)24(17-8-10-18(11-9-17)25(28)29)23(22)26(32)31(20)15-16-6-12-19(27)13-7-16/h2,6-13,20-24H,1,3-5,14-15H2,(H3,28,29)/t20-,21+,22+,23+,24+/m1/s1. The molecule has 0 saturated carbocycles. The van der Waals surface area contributed by atoms with Crippen molar-refractivity contribution in [3.8, 4) is 0 Å². The number of carbonyl (C=O) groups is 1. The number of likely N-dealkylation sites (tertiary alicyclic amines) is 1. The Balaban J connectivity index is 1.51. The lowest BCUT2D eigenvalue weighted by atomic mass is 9.81. The summed E-state index contributed by atoms with van der Waals surface area (Å²) in [5.74, 6) is 0.112. The number of hydrogen-bond donors (Lipinski definition) is 2. The third kappa shape index (κ3) is 3.34. The fourth-order valence-corrected chi connectivity index (χ4v) is 6.28. The van der Waals surface area contributed by atoms with E-state index in [0.29, 0.717) is 18.2 Å². The van der Waals surface area contributed by atoms with Gasteiger partial charge in [-0.1, -0.05) is 42.5 Å². The summed E-state index contributed by atoms with van der Waals surface area (Å²) in [6.45, 7) is 5.47. The highest BCUT2D eigenvalue weighted by atomic mass is 19.1. The van der Waals surface area contributed by atoms with Gasteiger partial charge in [-0.15, -0.1) is 6.58 Å². The molecule has 3 aliphatic heterocycles. The number of amidine groups is 1. The summed E-state index contributed by atoms with van der Waals surface area (Å²) in [4.78, 5) is 18.4. The van der Waals surface area contributed by atoms with Gasteiger partial charge in [-0.25, -0.2) is 4.39 Å². The van der Waals surface area contributed by atoms with Gasteiger partial charge in [0.15, 0.2) is 0 Å². The molecule has 32 heavy (non-hydrogen) atoms. The van der Waals surface area contributed by atoms with Crippen molar-refractivity contribution in [2.24, 2.45) is 17.6 Å². The van der Waals surface area contributed by atoms with Gasteiger partial charge in [0.1, 0.15) is 11.7 Å². The van der Waals surface area contributed by atoms with Crippen LogP contribution in [-0.4, -0.2) is 40.2 Å². The van der Waals surface area contributed by atoms with Gasteiger partial charge in [0.2, 0.25) is 5.91 Å². The highest BCUT2D eigenvalue weighted by Gasteiger charge is 2.62. The van der Waals surface area contributed by atoms with Crippen molar-refractivity contribution < 1.29 is 9.18 Å². The third-order valence-corrected chi connectivity index (χ3v) is 7.55. The minimum Gasteiger partial charge on any atom is -0.384 e. The molecule has 3 fully saturated rings. The second kappa shape index (κ2) is 8.17. The molecule has 5 rings (SSSR count). The number of carbonyl (C=O) groups excluding carboxylic acids is 1. The summed E-state index contributed by atoms with van der Waals surface area (Å²) in [6, 6.07) is 14.8. The first-order valence-electron chi connectivity index (χ1n) is 11.4. The summed E-state index contributed by atoms with van der Waals surface area (Å²) in [6.07, 6.45) is 4.93. The Bertz CT molecular complexity index is 1030. The molecule has 5 atom stereocenters. The molecule has 0 aliphatic carbocycles. The van der Waals surface area contributed by atoms with E-state index in [1.807, 2.05) is 35.2 Å². The van der Waals surface area contributed by atoms with E-state index >= 15 is 0 Å². The van der Waals surface area contributed by atoms with Crippen LogP contribution in [0.4, 0.5) is 4.39 Å². The average molecular weight is 433 g/mol. The quantitative estimate of drug-likeness (QED) is 0.414. The van der Waals surface area contributed by atoms with Crippen LogP contribution < -0.4 is 5.73 Å². The Kier molecular flexibility index (Phi) is 5.33. The highest BCUT2D eigenvalue weighted by molar-refractivity contribution is 5.95. The minimum absolute atomic E-state index is 0.0338. The van der Waals surface area contributed by atoms with Crippen LogP contribution in [0.5, 0.6) is 0 Å². The molecular formula is C26H29FN4O. The Morgan fingerprint density at radius 2 is 1.91 bits per heavy atom. The zero-order valence-corrected chi connectivity index (χ0v) is 18.1. The first kappa shape index (κ1) is 20.9. The average Bonchev–Trinajstić information content (AvgIpc) is 3.44. The lowest BCUT2D eigenvalue weighted by Gasteiger charge is -2.33. The van der Waals surface area contributed by atoms with E-state index < -0.39 is 0 Å². The first-order chi connectivity index (χ1) is 15.5. The maximum absolute atomic E-state index is 13.9. The lowest BCUT2D eigenvalue weighted by molar-refractivity contribution is -0.134. The van der Waals surface area contributed by atoms with Crippen LogP contribution in [0.1, 0.15) is 42.0 Å². The molecule has 3 heterocycles. The van der Waals surface area contributed by atoms with Crippen molar-refractivity contribution in [1.29, 1.82) is 5.41 Å². The number of nitrogen functional groups attached to an aromatic ring is 1. The van der Waals surface area contributed by atoms with Crippen LogP contribution in [0.25, 0.3) is 0 Å². The molecule has 2 aromatic rings. The summed E-state index contributed by atoms with van der Waals surface area (Å²) < 4.78 is 13.4. The number of amides is 1. The van der Waals surface area contributed by atoms with E-state index in [1.54, 1.807) is 12.1 Å². The molecule has 0 radical (unpaired) electrons. The van der Waals surface area contributed by atoms with E-state index in [4.69, 9.17) is 11.1 Å². The molecule has 2 aromatic carbocycles. The smallest absolute Gasteiger partial charge is 0.228 e. The van der Waals surface area contributed by atoms with Gasteiger partial charge in [0, 0.05) is 36.2 Å². The van der Waals surface area contributed by atoms with Crippen molar-refractivity contribution in [3.63, 3.8) is 0 Å². The predicted molar refractivity (Wildman–Crippen MR) is 122 cm³/mol. The highest BCUT2D eigenvalue weighted by Crippen LogP contribution is 2.55. The van der Waals surface area contributed by atoms with Gasteiger partial charge >= 0.3 is 0 Å². The number of hydrogen-bond acceptors (Lipinski definition) is 3. The van der Waals surface area contributed by atoms with Gasteiger partial charge in [0.25, 0.3) is 0 Å². The second-order valence-corrected chi connectivity index (χ2v) is 9.22. The van der Waals surface area contributed by atoms with E-state index in [9.17, 15) is 9.18 Å². The van der Waals surface area contributed by atoms with Crippen LogP contribution in [-0.2, 0) is 11.3 Å². The first-order valence-corrected chi connectivity index (χ1v) is 11.4. The summed E-state index contributed by atoms with van der Waals surface area (Å²) >= 11 is 0. The van der Waals surface area contributed by atoms with Crippen molar-refractivity contribution in [2.75, 3.05) is 6.54 Å². The predicted octanol–water partition coefficient (Wildman–Crippen LogP) is 3.85. The summed E-state index contributed by atoms with van der Waals surface area (Å²) in [7, 11) is 0. The summed E-state index contributed by atoms with van der Waals surface area (Å²) in [5.41, 5.74) is 8.40. The van der Waals surface area contributed by atoms with Gasteiger partial charge in [-0.2, -0.15) is 0 Å². The number of benzene rings is 2. The van der Waals surface area contributed by atoms with Crippen LogP contribution >= 0.6 is 0 Å². The fraction of sp³-hybridized carbons (Fsp3) is 0.385. The summed E-state index contributed by atoms with van der Waals surface area (Å²) in [5, 5.41) is 7.68. The van der Waals surface area contributed by atoms with Crippen molar-refractivity contribution in [2.45, 2.75) is 43.9 Å². The van der Waals surface area contributed by atoms with Crippen LogP contribution in [0.15, 0.2) is 61.2 Å². The normalized spacial score (nSPS) is 29.2. The topological polar surface area (TPSA) is 73.4 Å². The molecule has 3 aliphatic rings. The Morgan fingerprint density at radius 3 is 2.56 bits per heavy atom. The number of nitrogens with one attached hydrogen (secondary N) is 1. The zero-order chi connectivity index (χ0) is 22.4. The maximum atomic E-state index is 13.9. The number of fused-ring (bicyclic) bond motifs is 3. The van der Waals surface area contributed by atoms with Gasteiger partial charge < -0.3 is 10.6 Å². The maximum Gasteiger partial charge on any atom is 0.228 e. The lowest BCUT2D eigenvalue weighted by Crippen LogP contribution is -2.41. The molecule has 0 bridgehead atoms. The Labute approximate surface area is 188 Å². The van der Waals surface area contributed by atoms with Gasteiger partial charge in [-0.05, 0) is 49.1 Å². The van der Waals surface area contributed by atoms with E-state index in [-0.39, 0.29) is 41.5 Å². The molecule has 0 aromatic heterocycles. The van der Waals surface area contributed by atoms with Crippen molar-refractivity contribution in [1.82, 2.24) is 9.80 Å². The fourth-order valence-electron chi connectivity index (χ4n) is 6.28. The Hall–Kier alpha value is -2.99. The van der Waals surface area contributed by atoms with Crippen LogP contribution in [0, 0.1) is 23.1 Å². The number of halogens is 1. The largest absolute Gasteiger partial charge is 0.384 e. The molecule has 3 saturated heterocycles.